The summed E-state index contributed by atoms with van der Waals surface area (Å²) in [6.45, 7) is 3.42. The van der Waals surface area contributed by atoms with E-state index in [1.807, 2.05) is 23.6 Å². The quantitative estimate of drug-likeness (QED) is 0.585. The Kier molecular flexibility index (Phi) is 7.33. The molecule has 1 amide bonds. The Morgan fingerprint density at radius 3 is 2.67 bits per heavy atom. The average molecular weight is 483 g/mol. The second-order valence-corrected chi connectivity index (χ2v) is 7.60. The first-order chi connectivity index (χ1) is 15.6. The van der Waals surface area contributed by atoms with E-state index in [1.165, 1.54) is 11.3 Å². The number of carbonyl (C=O) groups excluding carboxylic acids is 1. The Labute approximate surface area is 190 Å². The van der Waals surface area contributed by atoms with E-state index in [0.717, 1.165) is 28.5 Å². The Morgan fingerprint density at radius 1 is 1.33 bits per heavy atom. The number of rotatable bonds is 4. The molecule has 33 heavy (non-hydrogen) atoms. The predicted octanol–water partition coefficient (Wildman–Crippen LogP) is 3.02. The van der Waals surface area contributed by atoms with Gasteiger partial charge in [-0.1, -0.05) is 13.0 Å². The van der Waals surface area contributed by atoms with Crippen molar-refractivity contribution in [2.45, 2.75) is 26.1 Å². The SMILES string of the molecule is CCc1csc(-n2cc(C(=O)N3CCOc4ccc(CN)cc43)cn2)n1.O=C(O)C(F)(F)F. The lowest BCUT2D eigenvalue weighted by Crippen LogP contribution is -2.38. The Morgan fingerprint density at radius 2 is 2.06 bits per heavy atom. The lowest BCUT2D eigenvalue weighted by Gasteiger charge is -2.29. The third-order valence-electron chi connectivity index (χ3n) is 4.54. The zero-order chi connectivity index (χ0) is 24.2. The number of carboxylic acid groups (broad SMARTS) is 1. The number of hydrogen-bond donors (Lipinski definition) is 2. The summed E-state index contributed by atoms with van der Waals surface area (Å²) in [5, 5.41) is 14.2. The minimum absolute atomic E-state index is 0.109. The number of halogens is 3. The van der Waals surface area contributed by atoms with E-state index >= 15 is 0 Å². The number of anilines is 1. The van der Waals surface area contributed by atoms with Gasteiger partial charge in [0, 0.05) is 18.1 Å². The van der Waals surface area contributed by atoms with Gasteiger partial charge >= 0.3 is 12.1 Å². The first-order valence-corrected chi connectivity index (χ1v) is 10.6. The fourth-order valence-corrected chi connectivity index (χ4v) is 3.70. The van der Waals surface area contributed by atoms with Crippen LogP contribution in [0.5, 0.6) is 5.75 Å². The van der Waals surface area contributed by atoms with Crippen LogP contribution in [0.3, 0.4) is 0 Å². The first-order valence-electron chi connectivity index (χ1n) is 9.71. The number of ether oxygens (including phenoxy) is 1. The molecular formula is C20H20F3N5O4S. The minimum Gasteiger partial charge on any atom is -0.490 e. The summed E-state index contributed by atoms with van der Waals surface area (Å²) in [5.74, 6) is -2.17. The number of fused-ring (bicyclic) bond motifs is 1. The molecule has 0 radical (unpaired) electrons. The number of carbonyl (C=O) groups is 2. The van der Waals surface area contributed by atoms with Gasteiger partial charge < -0.3 is 20.5 Å². The number of alkyl halides is 3. The fourth-order valence-electron chi connectivity index (χ4n) is 2.86. The molecule has 2 aromatic heterocycles. The fraction of sp³-hybridized carbons (Fsp3) is 0.300. The molecule has 0 saturated heterocycles. The van der Waals surface area contributed by atoms with Gasteiger partial charge in [-0.15, -0.1) is 11.3 Å². The van der Waals surface area contributed by atoms with Crippen molar-refractivity contribution in [1.82, 2.24) is 14.8 Å². The number of aromatic nitrogens is 3. The number of aliphatic carboxylic acids is 1. The van der Waals surface area contributed by atoms with Gasteiger partial charge in [0.15, 0.2) is 0 Å². The van der Waals surface area contributed by atoms with E-state index in [9.17, 15) is 18.0 Å². The molecule has 0 bridgehead atoms. The summed E-state index contributed by atoms with van der Waals surface area (Å²) >= 11 is 1.51. The zero-order valence-corrected chi connectivity index (χ0v) is 18.2. The Hall–Kier alpha value is -3.45. The molecule has 0 saturated carbocycles. The Bertz CT molecular complexity index is 1140. The summed E-state index contributed by atoms with van der Waals surface area (Å²) < 4.78 is 39.0. The molecule has 3 heterocycles. The van der Waals surface area contributed by atoms with Crippen LogP contribution < -0.4 is 15.4 Å². The largest absolute Gasteiger partial charge is 0.490 e. The molecule has 0 fully saturated rings. The van der Waals surface area contributed by atoms with Gasteiger partial charge in [0.1, 0.15) is 12.4 Å². The summed E-state index contributed by atoms with van der Waals surface area (Å²) in [7, 11) is 0. The summed E-state index contributed by atoms with van der Waals surface area (Å²) in [5.41, 5.74) is 8.98. The first kappa shape index (κ1) is 24.2. The lowest BCUT2D eigenvalue weighted by atomic mass is 10.1. The zero-order valence-electron chi connectivity index (χ0n) is 17.4. The van der Waals surface area contributed by atoms with E-state index in [-0.39, 0.29) is 5.91 Å². The molecule has 176 valence electrons. The van der Waals surface area contributed by atoms with E-state index in [1.54, 1.807) is 22.0 Å². The highest BCUT2D eigenvalue weighted by Crippen LogP contribution is 2.33. The smallest absolute Gasteiger partial charge is 0.490 e. The molecule has 9 nitrogen and oxygen atoms in total. The molecule has 1 aliphatic heterocycles. The highest BCUT2D eigenvalue weighted by molar-refractivity contribution is 7.12. The van der Waals surface area contributed by atoms with Crippen LogP contribution in [0.1, 0.15) is 28.5 Å². The van der Waals surface area contributed by atoms with Crippen LogP contribution in [-0.2, 0) is 17.8 Å². The van der Waals surface area contributed by atoms with E-state index in [2.05, 4.69) is 17.0 Å². The third kappa shape index (κ3) is 5.68. The number of nitrogens with two attached hydrogens (primary N) is 1. The van der Waals surface area contributed by atoms with Crippen molar-refractivity contribution in [3.05, 3.63) is 52.8 Å². The highest BCUT2D eigenvalue weighted by atomic mass is 32.1. The molecule has 3 N–H and O–H groups in total. The van der Waals surface area contributed by atoms with E-state index < -0.39 is 12.1 Å². The van der Waals surface area contributed by atoms with Crippen molar-refractivity contribution in [2.24, 2.45) is 5.73 Å². The van der Waals surface area contributed by atoms with Crippen LogP contribution in [0.25, 0.3) is 5.13 Å². The maximum Gasteiger partial charge on any atom is 0.490 e. The van der Waals surface area contributed by atoms with Crippen molar-refractivity contribution < 1.29 is 32.6 Å². The van der Waals surface area contributed by atoms with Gasteiger partial charge in [0.05, 0.1) is 29.7 Å². The number of benzene rings is 1. The molecule has 0 atom stereocenters. The lowest BCUT2D eigenvalue weighted by molar-refractivity contribution is -0.192. The van der Waals surface area contributed by atoms with E-state index in [4.69, 9.17) is 20.4 Å². The number of thiazole rings is 1. The summed E-state index contributed by atoms with van der Waals surface area (Å²) in [6, 6.07) is 5.69. The van der Waals surface area contributed by atoms with Crippen LogP contribution in [-0.4, -0.2) is 51.1 Å². The monoisotopic (exact) mass is 483 g/mol. The van der Waals surface area contributed by atoms with Crippen molar-refractivity contribution in [1.29, 1.82) is 0 Å². The van der Waals surface area contributed by atoms with Crippen molar-refractivity contribution in [3.63, 3.8) is 0 Å². The van der Waals surface area contributed by atoms with Crippen LogP contribution >= 0.6 is 11.3 Å². The van der Waals surface area contributed by atoms with Gasteiger partial charge in [-0.05, 0) is 24.1 Å². The molecule has 13 heteroatoms. The van der Waals surface area contributed by atoms with E-state index in [0.29, 0.717) is 31.0 Å². The summed E-state index contributed by atoms with van der Waals surface area (Å²) in [4.78, 5) is 28.2. The van der Waals surface area contributed by atoms with Crippen LogP contribution in [0, 0.1) is 0 Å². The minimum atomic E-state index is -5.08. The van der Waals surface area contributed by atoms with Gasteiger partial charge in [0.25, 0.3) is 5.91 Å². The van der Waals surface area contributed by atoms with Crippen LogP contribution in [0.2, 0.25) is 0 Å². The number of hydrogen-bond acceptors (Lipinski definition) is 7. The second kappa shape index (κ2) is 10.0. The summed E-state index contributed by atoms with van der Waals surface area (Å²) in [6.07, 6.45) is -0.905. The second-order valence-electron chi connectivity index (χ2n) is 6.76. The number of nitrogens with zero attached hydrogens (tertiary/aromatic N) is 4. The predicted molar refractivity (Wildman–Crippen MR) is 114 cm³/mol. The van der Waals surface area contributed by atoms with Gasteiger partial charge in [-0.25, -0.2) is 14.5 Å². The Balaban J connectivity index is 0.000000383. The molecule has 0 spiro atoms. The van der Waals surface area contributed by atoms with Gasteiger partial charge in [-0.2, -0.15) is 18.3 Å². The molecule has 4 rings (SSSR count). The van der Waals surface area contributed by atoms with Crippen molar-refractivity contribution >= 4 is 28.9 Å². The van der Waals surface area contributed by atoms with Crippen LogP contribution in [0.15, 0.2) is 36.0 Å². The molecule has 0 unspecified atom stereocenters. The topological polar surface area (TPSA) is 124 Å². The maximum atomic E-state index is 13.0. The molecular weight excluding hydrogens is 463 g/mol. The number of amides is 1. The normalized spacial score (nSPS) is 12.9. The highest BCUT2D eigenvalue weighted by Gasteiger charge is 2.38. The van der Waals surface area contributed by atoms with Crippen molar-refractivity contribution in [2.75, 3.05) is 18.1 Å². The molecule has 1 aliphatic rings. The molecule has 3 aromatic rings. The van der Waals surface area contributed by atoms with Crippen molar-refractivity contribution in [3.8, 4) is 10.9 Å². The molecule has 0 aliphatic carbocycles. The number of carboxylic acids is 1. The standard InChI is InChI=1S/C18H19N5O2S.C2HF3O2/c1-2-14-11-26-18(21-14)23-10-13(9-20-23)17(24)22-5-6-25-16-4-3-12(8-19)7-15(16)22;3-2(4,5)1(6)7/h3-4,7,9-11H,2,5-6,8,19H2,1H3;(H,6,7). The van der Waals surface area contributed by atoms with Gasteiger partial charge in [0.2, 0.25) is 5.13 Å². The molecule has 1 aromatic carbocycles. The maximum absolute atomic E-state index is 13.0. The number of aryl methyl sites for hydroxylation is 1. The van der Waals surface area contributed by atoms with Gasteiger partial charge in [-0.3, -0.25) is 4.79 Å². The average Bonchev–Trinajstić information content (AvgIpc) is 3.47. The van der Waals surface area contributed by atoms with Crippen LogP contribution in [0.4, 0.5) is 18.9 Å². The third-order valence-corrected chi connectivity index (χ3v) is 5.42.